The van der Waals surface area contributed by atoms with Crippen molar-refractivity contribution >= 4 is 5.97 Å². The zero-order valence-corrected chi connectivity index (χ0v) is 8.13. The van der Waals surface area contributed by atoms with Gasteiger partial charge >= 0.3 is 5.97 Å². The van der Waals surface area contributed by atoms with Gasteiger partial charge in [0.2, 0.25) is 0 Å². The average molecular weight is 208 g/mol. The van der Waals surface area contributed by atoms with E-state index in [1.54, 1.807) is 0 Å². The van der Waals surface area contributed by atoms with E-state index in [2.05, 4.69) is 0 Å². The lowest BCUT2D eigenvalue weighted by Crippen LogP contribution is -2.33. The molecule has 1 aromatic carbocycles. The number of rotatable bonds is 2. The molecule has 1 fully saturated rings. The van der Waals surface area contributed by atoms with Crippen LogP contribution in [0.25, 0.3) is 0 Å². The molecule has 2 atom stereocenters. The molecular formula is C11H12O4. The molecule has 1 aliphatic heterocycles. The molecule has 1 saturated heterocycles. The van der Waals surface area contributed by atoms with E-state index < -0.39 is 18.0 Å². The Labute approximate surface area is 87.4 Å². The number of hydrogen-bond donors (Lipinski definition) is 1. The number of carbonyl (C=O) groups is 1. The summed E-state index contributed by atoms with van der Waals surface area (Å²) in [4.78, 5) is 11.0. The molecule has 4 nitrogen and oxygen atoms in total. The van der Waals surface area contributed by atoms with Crippen LogP contribution in [-0.4, -0.2) is 24.5 Å². The second-order valence-electron chi connectivity index (χ2n) is 3.43. The lowest BCUT2D eigenvalue weighted by atomic mass is 9.96. The molecule has 1 heterocycles. The van der Waals surface area contributed by atoms with E-state index in [0.29, 0.717) is 0 Å². The third-order valence-electron chi connectivity index (χ3n) is 2.44. The Balaban J connectivity index is 2.22. The molecule has 0 aromatic heterocycles. The Morgan fingerprint density at radius 1 is 1.33 bits per heavy atom. The van der Waals surface area contributed by atoms with E-state index in [4.69, 9.17) is 14.6 Å². The first-order valence-corrected chi connectivity index (χ1v) is 4.76. The predicted octanol–water partition coefficient (Wildman–Crippen LogP) is 1.43. The van der Waals surface area contributed by atoms with Gasteiger partial charge in [-0.25, -0.2) is 0 Å². The maximum atomic E-state index is 11.0. The maximum Gasteiger partial charge on any atom is 0.311 e. The lowest BCUT2D eigenvalue weighted by molar-refractivity contribution is -0.190. The summed E-state index contributed by atoms with van der Waals surface area (Å²) in [5, 5.41) is 9.01. The summed E-state index contributed by atoms with van der Waals surface area (Å²) >= 11 is 0. The number of ether oxygens (including phenoxy) is 2. The maximum absolute atomic E-state index is 11.0. The number of carboxylic acid groups (broad SMARTS) is 1. The highest BCUT2D eigenvalue weighted by atomic mass is 16.7. The van der Waals surface area contributed by atoms with Gasteiger partial charge in [-0.3, -0.25) is 4.79 Å². The van der Waals surface area contributed by atoms with Gasteiger partial charge in [0.05, 0.1) is 6.61 Å². The van der Waals surface area contributed by atoms with Gasteiger partial charge in [-0.2, -0.15) is 0 Å². The van der Waals surface area contributed by atoms with Gasteiger partial charge in [0.15, 0.2) is 0 Å². The van der Waals surface area contributed by atoms with Crippen molar-refractivity contribution in [2.75, 3.05) is 13.4 Å². The molecule has 1 aromatic rings. The van der Waals surface area contributed by atoms with Gasteiger partial charge in [0.25, 0.3) is 0 Å². The number of hydrogen-bond acceptors (Lipinski definition) is 3. The first-order chi connectivity index (χ1) is 7.29. The molecule has 80 valence electrons. The second kappa shape index (κ2) is 4.42. The average Bonchev–Trinajstić information content (AvgIpc) is 2.30. The van der Waals surface area contributed by atoms with Crippen molar-refractivity contribution in [3.63, 3.8) is 0 Å². The highest BCUT2D eigenvalue weighted by molar-refractivity contribution is 5.71. The Hall–Kier alpha value is -1.39. The minimum atomic E-state index is -0.886. The van der Waals surface area contributed by atoms with Crippen LogP contribution >= 0.6 is 0 Å². The van der Waals surface area contributed by atoms with E-state index >= 15 is 0 Å². The van der Waals surface area contributed by atoms with Crippen LogP contribution in [0.4, 0.5) is 0 Å². The topological polar surface area (TPSA) is 55.8 Å². The van der Waals surface area contributed by atoms with Crippen molar-refractivity contribution in [1.29, 1.82) is 0 Å². The summed E-state index contributed by atoms with van der Waals surface area (Å²) < 4.78 is 10.3. The first-order valence-electron chi connectivity index (χ1n) is 4.76. The van der Waals surface area contributed by atoms with Crippen molar-refractivity contribution in [3.8, 4) is 0 Å². The van der Waals surface area contributed by atoms with Crippen LogP contribution in [0.15, 0.2) is 30.3 Å². The summed E-state index contributed by atoms with van der Waals surface area (Å²) in [5.41, 5.74) is 0.883. The first kappa shape index (κ1) is 10.1. The van der Waals surface area contributed by atoms with E-state index in [0.717, 1.165) is 5.56 Å². The Kier molecular flexibility index (Phi) is 2.99. The van der Waals surface area contributed by atoms with E-state index in [1.165, 1.54) is 0 Å². The summed E-state index contributed by atoms with van der Waals surface area (Å²) in [5.74, 6) is -1.51. The van der Waals surface area contributed by atoms with Gasteiger partial charge in [0.1, 0.15) is 18.8 Å². The fourth-order valence-corrected chi connectivity index (χ4v) is 1.67. The number of aliphatic carboxylic acids is 1. The van der Waals surface area contributed by atoms with E-state index in [9.17, 15) is 4.79 Å². The van der Waals surface area contributed by atoms with Crippen molar-refractivity contribution in [1.82, 2.24) is 0 Å². The predicted molar refractivity (Wildman–Crippen MR) is 52.2 cm³/mol. The Bertz CT molecular complexity index is 336. The standard InChI is InChI=1S/C11H12O4/c12-11(13)9-6-14-7-15-10(9)8-4-2-1-3-5-8/h1-5,9-10H,6-7H2,(H,12,13)/t9-,10+/m0/s1. The van der Waals surface area contributed by atoms with Gasteiger partial charge in [-0.15, -0.1) is 0 Å². The molecular weight excluding hydrogens is 196 g/mol. The van der Waals surface area contributed by atoms with Crippen molar-refractivity contribution in [2.45, 2.75) is 6.10 Å². The van der Waals surface area contributed by atoms with Crippen molar-refractivity contribution in [2.24, 2.45) is 5.92 Å². The second-order valence-corrected chi connectivity index (χ2v) is 3.43. The van der Waals surface area contributed by atoms with Gasteiger partial charge in [0, 0.05) is 0 Å². The summed E-state index contributed by atoms with van der Waals surface area (Å²) in [6.07, 6.45) is -0.405. The molecule has 0 bridgehead atoms. The van der Waals surface area contributed by atoms with E-state index in [1.807, 2.05) is 30.3 Å². The molecule has 0 saturated carbocycles. The molecule has 0 radical (unpaired) electrons. The molecule has 1 N–H and O–H groups in total. The zero-order valence-electron chi connectivity index (χ0n) is 8.13. The van der Waals surface area contributed by atoms with E-state index in [-0.39, 0.29) is 13.4 Å². The Morgan fingerprint density at radius 3 is 2.73 bits per heavy atom. The van der Waals surface area contributed by atoms with Gasteiger partial charge < -0.3 is 14.6 Å². The monoisotopic (exact) mass is 208 g/mol. The Morgan fingerprint density at radius 2 is 2.07 bits per heavy atom. The summed E-state index contributed by atoms with van der Waals surface area (Å²) in [6, 6.07) is 9.36. The zero-order chi connectivity index (χ0) is 10.7. The number of benzene rings is 1. The van der Waals surface area contributed by atoms with Crippen LogP contribution in [0.3, 0.4) is 0 Å². The van der Waals surface area contributed by atoms with Crippen LogP contribution in [-0.2, 0) is 14.3 Å². The molecule has 0 spiro atoms. The van der Waals surface area contributed by atoms with Crippen molar-refractivity contribution in [3.05, 3.63) is 35.9 Å². The summed E-state index contributed by atoms with van der Waals surface area (Å²) in [7, 11) is 0. The SMILES string of the molecule is O=C(O)[C@H]1COCO[C@@H]1c1ccccc1. The van der Waals surface area contributed by atoms with Crippen molar-refractivity contribution < 1.29 is 19.4 Å². The molecule has 1 aliphatic rings. The normalized spacial score (nSPS) is 26.1. The van der Waals surface area contributed by atoms with Crippen LogP contribution in [0, 0.1) is 5.92 Å². The highest BCUT2D eigenvalue weighted by Gasteiger charge is 2.33. The van der Waals surface area contributed by atoms with Gasteiger partial charge in [-0.1, -0.05) is 30.3 Å². The molecule has 0 aliphatic carbocycles. The molecule has 0 unspecified atom stereocenters. The quantitative estimate of drug-likeness (QED) is 0.798. The number of carboxylic acids is 1. The smallest absolute Gasteiger partial charge is 0.311 e. The molecule has 4 heteroatoms. The minimum absolute atomic E-state index is 0.156. The molecule has 15 heavy (non-hydrogen) atoms. The van der Waals surface area contributed by atoms with Crippen LogP contribution in [0.2, 0.25) is 0 Å². The lowest BCUT2D eigenvalue weighted by Gasteiger charge is -2.29. The molecule has 2 rings (SSSR count). The fourth-order valence-electron chi connectivity index (χ4n) is 1.67. The van der Waals surface area contributed by atoms with Crippen LogP contribution < -0.4 is 0 Å². The minimum Gasteiger partial charge on any atom is -0.481 e. The third kappa shape index (κ3) is 2.16. The summed E-state index contributed by atoms with van der Waals surface area (Å²) in [6.45, 7) is 0.359. The van der Waals surface area contributed by atoms with Crippen LogP contribution in [0.5, 0.6) is 0 Å². The van der Waals surface area contributed by atoms with Gasteiger partial charge in [-0.05, 0) is 5.56 Å². The molecule has 0 amide bonds. The van der Waals surface area contributed by atoms with Crippen LogP contribution in [0.1, 0.15) is 11.7 Å². The largest absolute Gasteiger partial charge is 0.481 e. The fraction of sp³-hybridized carbons (Fsp3) is 0.364. The highest BCUT2D eigenvalue weighted by Crippen LogP contribution is 2.29. The third-order valence-corrected chi connectivity index (χ3v) is 2.44.